The van der Waals surface area contributed by atoms with Crippen molar-refractivity contribution >= 4 is 34.7 Å². The Balaban J connectivity index is 1.15. The first-order chi connectivity index (χ1) is 21.5. The highest BCUT2D eigenvalue weighted by Crippen LogP contribution is 2.25. The van der Waals surface area contributed by atoms with Crippen LogP contribution in [0.25, 0.3) is 0 Å². The van der Waals surface area contributed by atoms with E-state index in [1.165, 1.54) is 6.07 Å². The zero-order valence-corrected chi connectivity index (χ0v) is 23.8. The predicted octanol–water partition coefficient (Wildman–Crippen LogP) is 8.97. The highest BCUT2D eigenvalue weighted by Gasteiger charge is 2.14. The van der Waals surface area contributed by atoms with Crippen LogP contribution in [0.15, 0.2) is 142 Å². The smallest absolute Gasteiger partial charge is 0.343 e. The molecule has 0 unspecified atom stereocenters. The molecule has 0 radical (unpaired) electrons. The molecule has 0 N–H and O–H groups in total. The van der Waals surface area contributed by atoms with Crippen LogP contribution >= 0.6 is 0 Å². The summed E-state index contributed by atoms with van der Waals surface area (Å²) in [4.78, 5) is 25.6. The molecule has 0 atom stereocenters. The normalized spacial score (nSPS) is 11.0. The fourth-order valence-electron chi connectivity index (χ4n) is 3.80. The van der Waals surface area contributed by atoms with Gasteiger partial charge in [0, 0.05) is 0 Å². The summed E-state index contributed by atoms with van der Waals surface area (Å²) in [5, 5.41) is 16.7. The Labute approximate surface area is 253 Å². The molecular weight excluding hydrogens is 560 g/mol. The molecule has 5 aromatic rings. The van der Waals surface area contributed by atoms with Crippen molar-refractivity contribution in [3.63, 3.8) is 0 Å². The van der Waals surface area contributed by atoms with E-state index in [-0.39, 0.29) is 11.1 Å². The summed E-state index contributed by atoms with van der Waals surface area (Å²) in [5.41, 5.74) is 2.89. The first-order valence-electron chi connectivity index (χ1n) is 13.4. The summed E-state index contributed by atoms with van der Waals surface area (Å²) in [6.45, 7) is 0. The monoisotopic (exact) mass is 586 g/mol. The molecule has 0 saturated carbocycles. The number of carbonyl (C=O) groups excluding carboxylic acids is 2. The molecule has 0 spiro atoms. The quantitative estimate of drug-likeness (QED) is 0.0915. The maximum atomic E-state index is 12.8. The molecule has 0 saturated heterocycles. The predicted molar refractivity (Wildman–Crippen MR) is 164 cm³/mol. The highest BCUT2D eigenvalue weighted by molar-refractivity contribution is 5.96. The lowest BCUT2D eigenvalue weighted by atomic mass is 10.1. The van der Waals surface area contributed by atoms with Gasteiger partial charge in [0.2, 0.25) is 0 Å². The average molecular weight is 587 g/mol. The standard InChI is InChI=1S/C34H26N4O6/c1-41-29-14-6-25(7-15-29)35-37-27-10-18-31(19-11-27)43-33(39)23-4-3-5-24(22-23)34(40)44-32-20-12-28(13-21-32)38-36-26-8-16-30(42-2)17-9-26/h3-22H,1-2H3/b37-35+,38-36+. The van der Waals surface area contributed by atoms with Gasteiger partial charge in [0.05, 0.1) is 48.1 Å². The Morgan fingerprint density at radius 1 is 0.432 bits per heavy atom. The van der Waals surface area contributed by atoms with Crippen molar-refractivity contribution in [3.8, 4) is 23.0 Å². The first kappa shape index (κ1) is 29.3. The van der Waals surface area contributed by atoms with Crippen molar-refractivity contribution in [2.45, 2.75) is 0 Å². The molecule has 10 nitrogen and oxygen atoms in total. The van der Waals surface area contributed by atoms with Crippen LogP contribution in [0.2, 0.25) is 0 Å². The second-order valence-electron chi connectivity index (χ2n) is 9.14. The Bertz CT molecular complexity index is 1650. The van der Waals surface area contributed by atoms with E-state index in [4.69, 9.17) is 18.9 Å². The van der Waals surface area contributed by atoms with Gasteiger partial charge in [0.1, 0.15) is 23.0 Å². The van der Waals surface area contributed by atoms with E-state index in [1.54, 1.807) is 129 Å². The zero-order chi connectivity index (χ0) is 30.7. The zero-order valence-electron chi connectivity index (χ0n) is 23.8. The van der Waals surface area contributed by atoms with E-state index >= 15 is 0 Å². The van der Waals surface area contributed by atoms with Crippen LogP contribution in [0.3, 0.4) is 0 Å². The molecule has 0 heterocycles. The van der Waals surface area contributed by atoms with Crippen molar-refractivity contribution in [1.82, 2.24) is 0 Å². The van der Waals surface area contributed by atoms with Crippen LogP contribution in [0.5, 0.6) is 23.0 Å². The van der Waals surface area contributed by atoms with Gasteiger partial charge >= 0.3 is 11.9 Å². The third-order valence-electron chi connectivity index (χ3n) is 6.14. The average Bonchev–Trinajstić information content (AvgIpc) is 3.08. The second-order valence-corrected chi connectivity index (χ2v) is 9.14. The lowest BCUT2D eigenvalue weighted by Gasteiger charge is -2.07. The summed E-state index contributed by atoms with van der Waals surface area (Å²) in [5.74, 6) is 0.839. The van der Waals surface area contributed by atoms with Gasteiger partial charge in [-0.25, -0.2) is 9.59 Å². The van der Waals surface area contributed by atoms with Gasteiger partial charge in [0.25, 0.3) is 0 Å². The number of carbonyl (C=O) groups is 2. The molecular formula is C34H26N4O6. The van der Waals surface area contributed by atoms with Gasteiger partial charge in [-0.05, 0) is 115 Å². The summed E-state index contributed by atoms with van der Waals surface area (Å²) in [6, 6.07) is 33.6. The van der Waals surface area contributed by atoms with Crippen LogP contribution in [0.1, 0.15) is 20.7 Å². The van der Waals surface area contributed by atoms with Crippen molar-refractivity contribution in [2.24, 2.45) is 20.5 Å². The van der Waals surface area contributed by atoms with Crippen LogP contribution < -0.4 is 18.9 Å². The van der Waals surface area contributed by atoms with Gasteiger partial charge < -0.3 is 18.9 Å². The molecule has 5 aromatic carbocycles. The third kappa shape index (κ3) is 7.98. The minimum absolute atomic E-state index is 0.192. The van der Waals surface area contributed by atoms with Crippen molar-refractivity contribution in [3.05, 3.63) is 132 Å². The second kappa shape index (κ2) is 14.1. The molecule has 0 amide bonds. The molecule has 0 aliphatic heterocycles. The van der Waals surface area contributed by atoms with Gasteiger partial charge in [-0.15, -0.1) is 0 Å². The summed E-state index contributed by atoms with van der Waals surface area (Å²) < 4.78 is 21.2. The number of rotatable bonds is 10. The molecule has 0 aromatic heterocycles. The molecule has 5 rings (SSSR count). The third-order valence-corrected chi connectivity index (χ3v) is 6.14. The minimum Gasteiger partial charge on any atom is -0.497 e. The summed E-state index contributed by atoms with van der Waals surface area (Å²) >= 11 is 0. The number of esters is 2. The highest BCUT2D eigenvalue weighted by atomic mass is 16.5. The maximum Gasteiger partial charge on any atom is 0.343 e. The fourth-order valence-corrected chi connectivity index (χ4v) is 3.80. The number of ether oxygens (including phenoxy) is 4. The lowest BCUT2D eigenvalue weighted by Crippen LogP contribution is -2.12. The summed E-state index contributed by atoms with van der Waals surface area (Å²) in [6.07, 6.45) is 0. The van der Waals surface area contributed by atoms with E-state index in [1.807, 2.05) is 0 Å². The Kier molecular flexibility index (Phi) is 9.43. The van der Waals surface area contributed by atoms with Crippen LogP contribution in [-0.2, 0) is 0 Å². The number of hydrogen-bond acceptors (Lipinski definition) is 10. The number of azo groups is 2. The molecule has 10 heteroatoms. The minimum atomic E-state index is -0.626. The number of hydrogen-bond donors (Lipinski definition) is 0. The van der Waals surface area contributed by atoms with Crippen LogP contribution in [-0.4, -0.2) is 26.2 Å². The van der Waals surface area contributed by atoms with E-state index in [9.17, 15) is 9.59 Å². The van der Waals surface area contributed by atoms with Crippen LogP contribution in [0.4, 0.5) is 22.7 Å². The summed E-state index contributed by atoms with van der Waals surface area (Å²) in [7, 11) is 3.19. The Morgan fingerprint density at radius 3 is 1.02 bits per heavy atom. The van der Waals surface area contributed by atoms with Crippen molar-refractivity contribution < 1.29 is 28.5 Å². The molecule has 44 heavy (non-hydrogen) atoms. The first-order valence-corrected chi connectivity index (χ1v) is 13.4. The van der Waals surface area contributed by atoms with Crippen LogP contribution in [0, 0.1) is 0 Å². The number of nitrogens with zero attached hydrogens (tertiary/aromatic N) is 4. The Morgan fingerprint density at radius 2 is 0.727 bits per heavy atom. The molecule has 0 aliphatic carbocycles. The largest absolute Gasteiger partial charge is 0.497 e. The molecule has 0 aliphatic rings. The van der Waals surface area contributed by atoms with Gasteiger partial charge in [-0.2, -0.15) is 20.5 Å². The SMILES string of the molecule is COc1ccc(/N=N/c2ccc(OC(=O)c3cccc(C(=O)Oc4ccc(/N=N/c5ccc(OC)cc5)cc4)c3)cc2)cc1. The van der Waals surface area contributed by atoms with Gasteiger partial charge in [-0.3, -0.25) is 0 Å². The van der Waals surface area contributed by atoms with E-state index in [2.05, 4.69) is 20.5 Å². The van der Waals surface area contributed by atoms with E-state index in [0.29, 0.717) is 34.2 Å². The van der Waals surface area contributed by atoms with E-state index in [0.717, 1.165) is 11.5 Å². The molecule has 0 bridgehead atoms. The Hall–Kier alpha value is -6.16. The fraction of sp³-hybridized carbons (Fsp3) is 0.0588. The topological polar surface area (TPSA) is 121 Å². The number of methoxy groups -OCH3 is 2. The number of benzene rings is 5. The molecule has 218 valence electrons. The van der Waals surface area contributed by atoms with Gasteiger partial charge in [0.15, 0.2) is 0 Å². The van der Waals surface area contributed by atoms with Gasteiger partial charge in [-0.1, -0.05) is 6.07 Å². The van der Waals surface area contributed by atoms with Crippen molar-refractivity contribution in [2.75, 3.05) is 14.2 Å². The lowest BCUT2D eigenvalue weighted by molar-refractivity contribution is 0.0734. The molecule has 0 fully saturated rings. The van der Waals surface area contributed by atoms with Crippen molar-refractivity contribution in [1.29, 1.82) is 0 Å². The maximum absolute atomic E-state index is 12.8. The van der Waals surface area contributed by atoms with E-state index < -0.39 is 11.9 Å².